The largest absolute Gasteiger partial charge is 0.507 e. The maximum atomic E-state index is 13.3. The zero-order valence-corrected chi connectivity index (χ0v) is 21.9. The smallest absolute Gasteiger partial charge is 0.354 e. The third-order valence-electron chi connectivity index (χ3n) is 6.41. The highest BCUT2D eigenvalue weighted by Gasteiger charge is 2.46. The second kappa shape index (κ2) is 10.8. The topological polar surface area (TPSA) is 103 Å². The lowest BCUT2D eigenvalue weighted by atomic mass is 9.94. The van der Waals surface area contributed by atoms with E-state index in [1.54, 1.807) is 32.0 Å². The van der Waals surface area contributed by atoms with E-state index in [0.29, 0.717) is 28.4 Å². The Labute approximate surface area is 214 Å². The van der Waals surface area contributed by atoms with Gasteiger partial charge in [0.1, 0.15) is 11.5 Å². The number of likely N-dealkylation sites (tertiary alicyclic amines) is 1. The van der Waals surface area contributed by atoms with E-state index < -0.39 is 23.7 Å². The number of carbonyl (C=O) groups is 3. The molecule has 1 aromatic carbocycles. The van der Waals surface area contributed by atoms with Crippen LogP contribution in [0.3, 0.4) is 0 Å². The van der Waals surface area contributed by atoms with Crippen molar-refractivity contribution in [1.82, 2.24) is 14.8 Å². The maximum absolute atomic E-state index is 13.3. The predicted octanol–water partition coefficient (Wildman–Crippen LogP) is 4.49. The quantitative estimate of drug-likeness (QED) is 0.229. The normalized spacial score (nSPS) is 17.5. The summed E-state index contributed by atoms with van der Waals surface area (Å²) in [6, 6.07) is 3.98. The minimum absolute atomic E-state index is 0.0745. The molecule has 2 N–H and O–H groups in total. The highest BCUT2D eigenvalue weighted by Crippen LogP contribution is 2.42. The standard InChI is InChI=1S/C25H29Cl2N3O5/c1-6-29(7-2)10-11-30-21(15-8-9-16(26)17(27)12-15)19(23(32)24(30)33)22(31)18-13(3)20(25(34)35-5)28-14(18)4/h8-9,12,21,28,31H,6-7,10-11H2,1-5H3/b22-19+. The van der Waals surface area contributed by atoms with Crippen molar-refractivity contribution >= 4 is 46.6 Å². The van der Waals surface area contributed by atoms with Crippen LogP contribution in [0.1, 0.15) is 52.8 Å². The van der Waals surface area contributed by atoms with Gasteiger partial charge in [0.15, 0.2) is 0 Å². The predicted molar refractivity (Wildman–Crippen MR) is 135 cm³/mol. The number of esters is 1. The number of aliphatic hydroxyl groups is 1. The first-order chi connectivity index (χ1) is 16.6. The highest BCUT2D eigenvalue weighted by molar-refractivity contribution is 6.47. The van der Waals surface area contributed by atoms with Gasteiger partial charge in [0.2, 0.25) is 0 Å². The lowest BCUT2D eigenvalue weighted by Crippen LogP contribution is -2.38. The molecule has 2 aromatic rings. The van der Waals surface area contributed by atoms with E-state index in [2.05, 4.69) is 9.88 Å². The molecule has 0 bridgehead atoms. The van der Waals surface area contributed by atoms with E-state index in [4.69, 9.17) is 27.9 Å². The van der Waals surface area contributed by atoms with Crippen LogP contribution in [-0.4, -0.2) is 70.8 Å². The average Bonchev–Trinajstić information content (AvgIpc) is 3.27. The van der Waals surface area contributed by atoms with Crippen molar-refractivity contribution in [2.75, 3.05) is 33.3 Å². The number of methoxy groups -OCH3 is 1. The van der Waals surface area contributed by atoms with Crippen LogP contribution in [-0.2, 0) is 14.3 Å². The third-order valence-corrected chi connectivity index (χ3v) is 7.15. The number of ether oxygens (including phenoxy) is 1. The molecule has 8 nitrogen and oxygen atoms in total. The van der Waals surface area contributed by atoms with Gasteiger partial charge in [0.05, 0.1) is 28.8 Å². The Kier molecular flexibility index (Phi) is 8.30. The molecular formula is C25H29Cl2N3O5. The number of halogens is 2. The van der Waals surface area contributed by atoms with Crippen molar-refractivity contribution in [3.8, 4) is 0 Å². The van der Waals surface area contributed by atoms with Gasteiger partial charge in [-0.3, -0.25) is 9.59 Å². The first-order valence-electron chi connectivity index (χ1n) is 11.3. The lowest BCUT2D eigenvalue weighted by Gasteiger charge is -2.28. The van der Waals surface area contributed by atoms with E-state index in [1.165, 1.54) is 12.0 Å². The van der Waals surface area contributed by atoms with Gasteiger partial charge in [-0.2, -0.15) is 0 Å². The van der Waals surface area contributed by atoms with E-state index in [-0.39, 0.29) is 34.2 Å². The van der Waals surface area contributed by atoms with E-state index in [9.17, 15) is 19.5 Å². The van der Waals surface area contributed by atoms with Gasteiger partial charge in [-0.15, -0.1) is 0 Å². The highest BCUT2D eigenvalue weighted by atomic mass is 35.5. The van der Waals surface area contributed by atoms with Crippen molar-refractivity contribution < 1.29 is 24.2 Å². The number of hydrogen-bond acceptors (Lipinski definition) is 6. The number of amides is 1. The minimum Gasteiger partial charge on any atom is -0.507 e. The number of likely N-dealkylation sites (N-methyl/N-ethyl adjacent to an activating group) is 1. The van der Waals surface area contributed by atoms with Gasteiger partial charge >= 0.3 is 5.97 Å². The van der Waals surface area contributed by atoms with Crippen molar-refractivity contribution in [2.45, 2.75) is 33.7 Å². The summed E-state index contributed by atoms with van der Waals surface area (Å²) in [5.41, 5.74) is 1.77. The van der Waals surface area contributed by atoms with Gasteiger partial charge in [-0.25, -0.2) is 4.79 Å². The molecular weight excluding hydrogens is 493 g/mol. The van der Waals surface area contributed by atoms with E-state index in [1.807, 2.05) is 13.8 Å². The molecule has 0 aliphatic carbocycles. The number of hydrogen-bond donors (Lipinski definition) is 2. The number of nitrogens with zero attached hydrogens (tertiary/aromatic N) is 2. The number of aromatic nitrogens is 1. The van der Waals surface area contributed by atoms with Crippen LogP contribution in [0.4, 0.5) is 0 Å². The average molecular weight is 522 g/mol. The summed E-state index contributed by atoms with van der Waals surface area (Å²) >= 11 is 12.4. The van der Waals surface area contributed by atoms with Crippen LogP contribution in [0.2, 0.25) is 10.0 Å². The molecule has 1 unspecified atom stereocenters. The molecule has 3 rings (SSSR count). The molecule has 1 aliphatic heterocycles. The SMILES string of the molecule is CCN(CC)CCN1C(=O)C(=O)/C(=C(/O)c2c(C)[nH]c(C(=O)OC)c2C)C1c1ccc(Cl)c(Cl)c1. The van der Waals surface area contributed by atoms with Gasteiger partial charge in [-0.05, 0) is 50.2 Å². The van der Waals surface area contributed by atoms with Crippen molar-refractivity contribution in [2.24, 2.45) is 0 Å². The fraction of sp³-hybridized carbons (Fsp3) is 0.400. The Hall–Kier alpha value is -2.81. The van der Waals surface area contributed by atoms with Crippen LogP contribution in [0.25, 0.3) is 5.76 Å². The molecule has 1 fully saturated rings. The van der Waals surface area contributed by atoms with Crippen LogP contribution in [0.5, 0.6) is 0 Å². The second-order valence-electron chi connectivity index (χ2n) is 8.31. The summed E-state index contributed by atoms with van der Waals surface area (Å²) in [5.74, 6) is -2.50. The molecule has 1 saturated heterocycles. The van der Waals surface area contributed by atoms with E-state index in [0.717, 1.165) is 13.1 Å². The summed E-state index contributed by atoms with van der Waals surface area (Å²) in [4.78, 5) is 45.1. The van der Waals surface area contributed by atoms with Crippen LogP contribution in [0, 0.1) is 13.8 Å². The number of aliphatic hydroxyl groups excluding tert-OH is 1. The molecule has 2 heterocycles. The summed E-state index contributed by atoms with van der Waals surface area (Å²) < 4.78 is 4.81. The maximum Gasteiger partial charge on any atom is 0.354 e. The Morgan fingerprint density at radius 2 is 1.83 bits per heavy atom. The van der Waals surface area contributed by atoms with Gasteiger partial charge in [0, 0.05) is 24.3 Å². The number of aryl methyl sites for hydroxylation is 1. The number of aromatic amines is 1. The first kappa shape index (κ1) is 26.8. The number of H-pyrrole nitrogens is 1. The molecule has 1 atom stereocenters. The zero-order chi connectivity index (χ0) is 26.0. The van der Waals surface area contributed by atoms with Crippen LogP contribution >= 0.6 is 23.2 Å². The van der Waals surface area contributed by atoms with Gasteiger partial charge in [-0.1, -0.05) is 43.1 Å². The molecule has 188 valence electrons. The fourth-order valence-corrected chi connectivity index (χ4v) is 4.78. The second-order valence-corrected chi connectivity index (χ2v) is 9.12. The van der Waals surface area contributed by atoms with Gasteiger partial charge < -0.3 is 24.6 Å². The summed E-state index contributed by atoms with van der Waals surface area (Å²) in [6.45, 7) is 9.73. The number of carbonyl (C=O) groups excluding carboxylic acids is 3. The minimum atomic E-state index is -0.879. The molecule has 0 saturated carbocycles. The number of benzene rings is 1. The third kappa shape index (κ3) is 4.96. The Morgan fingerprint density at radius 3 is 2.40 bits per heavy atom. The monoisotopic (exact) mass is 521 g/mol. The Balaban J connectivity index is 2.21. The summed E-state index contributed by atoms with van der Waals surface area (Å²) in [5, 5.41) is 12.0. The molecule has 35 heavy (non-hydrogen) atoms. The Morgan fingerprint density at radius 1 is 1.17 bits per heavy atom. The van der Waals surface area contributed by atoms with Crippen LogP contribution in [0.15, 0.2) is 23.8 Å². The fourth-order valence-electron chi connectivity index (χ4n) is 4.47. The van der Waals surface area contributed by atoms with E-state index >= 15 is 0 Å². The number of nitrogens with one attached hydrogen (secondary N) is 1. The number of ketones is 1. The molecule has 10 heteroatoms. The Bertz CT molecular complexity index is 1200. The number of Topliss-reactive ketones (excluding diaryl/α,β-unsaturated/α-hetero) is 1. The molecule has 1 aromatic heterocycles. The molecule has 1 amide bonds. The molecule has 0 spiro atoms. The summed E-state index contributed by atoms with van der Waals surface area (Å²) in [6.07, 6.45) is 0. The lowest BCUT2D eigenvalue weighted by molar-refractivity contribution is -0.140. The zero-order valence-electron chi connectivity index (χ0n) is 20.4. The first-order valence-corrected chi connectivity index (χ1v) is 12.1. The van der Waals surface area contributed by atoms with Crippen molar-refractivity contribution in [3.63, 3.8) is 0 Å². The van der Waals surface area contributed by atoms with Crippen molar-refractivity contribution in [1.29, 1.82) is 0 Å². The van der Waals surface area contributed by atoms with Crippen LogP contribution < -0.4 is 0 Å². The molecule has 1 aliphatic rings. The molecule has 0 radical (unpaired) electrons. The number of rotatable bonds is 8. The van der Waals surface area contributed by atoms with Crippen molar-refractivity contribution in [3.05, 3.63) is 61.9 Å². The summed E-state index contributed by atoms with van der Waals surface area (Å²) in [7, 11) is 1.25. The van der Waals surface area contributed by atoms with Gasteiger partial charge in [0.25, 0.3) is 11.7 Å².